The molecule has 0 aromatic carbocycles. The van der Waals surface area contributed by atoms with E-state index in [1.807, 2.05) is 0 Å². The van der Waals surface area contributed by atoms with Crippen molar-refractivity contribution in [3.05, 3.63) is 12.7 Å². The number of halogens is 1. The Hall–Kier alpha value is 0.420. The maximum atomic E-state index is 5.14. The minimum atomic E-state index is 0.0656. The highest BCUT2D eigenvalue weighted by atomic mass is 35.7. The SMILES string of the molecule is C=CCOPCl. The highest BCUT2D eigenvalue weighted by molar-refractivity contribution is 7.64. The van der Waals surface area contributed by atoms with E-state index in [9.17, 15) is 0 Å². The minimum absolute atomic E-state index is 0.0656. The second-order valence-corrected chi connectivity index (χ2v) is 1.58. The fourth-order valence-corrected chi connectivity index (χ4v) is 0.460. The summed E-state index contributed by atoms with van der Waals surface area (Å²) < 4.78 is 4.66. The highest BCUT2D eigenvalue weighted by Gasteiger charge is 1.70. The van der Waals surface area contributed by atoms with Crippen molar-refractivity contribution in [2.75, 3.05) is 6.61 Å². The van der Waals surface area contributed by atoms with Gasteiger partial charge in [-0.1, -0.05) is 17.3 Å². The molecule has 0 aromatic rings. The van der Waals surface area contributed by atoms with Gasteiger partial charge in [-0.3, -0.25) is 0 Å². The first-order valence-electron chi connectivity index (χ1n) is 1.50. The summed E-state index contributed by atoms with van der Waals surface area (Å²) in [5.74, 6) is 0. The van der Waals surface area contributed by atoms with Gasteiger partial charge in [0.2, 0.25) is 0 Å². The lowest BCUT2D eigenvalue weighted by molar-refractivity contribution is 0.424. The molecule has 6 heavy (non-hydrogen) atoms. The zero-order valence-corrected chi connectivity index (χ0v) is 5.03. The molecule has 36 valence electrons. The summed E-state index contributed by atoms with van der Waals surface area (Å²) in [4.78, 5) is 0. The quantitative estimate of drug-likeness (QED) is 0.317. The summed E-state index contributed by atoms with van der Waals surface area (Å²) in [5.41, 5.74) is 0. The molecule has 0 aromatic heterocycles. The first-order chi connectivity index (χ1) is 2.91. The molecule has 0 amide bonds. The van der Waals surface area contributed by atoms with E-state index in [-0.39, 0.29) is 8.16 Å². The van der Waals surface area contributed by atoms with Crippen LogP contribution in [0.15, 0.2) is 12.7 Å². The van der Waals surface area contributed by atoms with Crippen LogP contribution in [0.2, 0.25) is 0 Å². The first kappa shape index (κ1) is 6.42. The normalized spacial score (nSPS) is 10.2. The van der Waals surface area contributed by atoms with Gasteiger partial charge in [0.15, 0.2) is 0 Å². The van der Waals surface area contributed by atoms with Crippen LogP contribution in [0.3, 0.4) is 0 Å². The second-order valence-electron chi connectivity index (χ2n) is 0.677. The molecular formula is C3H6ClOP. The summed E-state index contributed by atoms with van der Waals surface area (Å²) >= 11 is 5.14. The van der Waals surface area contributed by atoms with Gasteiger partial charge in [-0.25, -0.2) is 0 Å². The number of rotatable bonds is 3. The molecular weight excluding hydrogens is 118 g/mol. The first-order valence-corrected chi connectivity index (χ1v) is 3.42. The van der Waals surface area contributed by atoms with E-state index < -0.39 is 0 Å². The summed E-state index contributed by atoms with van der Waals surface area (Å²) in [6.07, 6.45) is 1.66. The Morgan fingerprint density at radius 2 is 2.67 bits per heavy atom. The van der Waals surface area contributed by atoms with Crippen LogP contribution in [0, 0.1) is 0 Å². The molecule has 0 aliphatic rings. The van der Waals surface area contributed by atoms with E-state index in [1.54, 1.807) is 6.08 Å². The van der Waals surface area contributed by atoms with Gasteiger partial charge in [-0.15, -0.1) is 6.58 Å². The zero-order chi connectivity index (χ0) is 4.83. The predicted molar refractivity (Wildman–Crippen MR) is 30.3 cm³/mol. The van der Waals surface area contributed by atoms with Gasteiger partial charge < -0.3 is 4.52 Å². The van der Waals surface area contributed by atoms with Crippen LogP contribution in [-0.2, 0) is 4.52 Å². The molecule has 0 N–H and O–H groups in total. The molecule has 0 aliphatic carbocycles. The Morgan fingerprint density at radius 1 is 2.00 bits per heavy atom. The maximum Gasteiger partial charge on any atom is 0.110 e. The van der Waals surface area contributed by atoms with Gasteiger partial charge in [-0.05, 0) is 0 Å². The van der Waals surface area contributed by atoms with Crippen molar-refractivity contribution in [3.63, 3.8) is 0 Å². The smallest absolute Gasteiger partial charge is 0.110 e. The van der Waals surface area contributed by atoms with Gasteiger partial charge in [0, 0.05) is 0 Å². The van der Waals surface area contributed by atoms with Crippen molar-refractivity contribution in [2.45, 2.75) is 0 Å². The van der Waals surface area contributed by atoms with E-state index in [2.05, 4.69) is 11.1 Å². The Morgan fingerprint density at radius 3 is 2.83 bits per heavy atom. The zero-order valence-electron chi connectivity index (χ0n) is 3.28. The molecule has 0 saturated heterocycles. The van der Waals surface area contributed by atoms with Gasteiger partial charge in [0.1, 0.15) is 8.16 Å². The number of hydrogen-bond acceptors (Lipinski definition) is 1. The molecule has 1 nitrogen and oxygen atoms in total. The fraction of sp³-hybridized carbons (Fsp3) is 0.333. The molecule has 0 heterocycles. The highest BCUT2D eigenvalue weighted by Crippen LogP contribution is 2.15. The molecule has 0 radical (unpaired) electrons. The Labute approximate surface area is 44.0 Å². The Balaban J connectivity index is 2.49. The van der Waals surface area contributed by atoms with Crippen molar-refractivity contribution in [2.24, 2.45) is 0 Å². The average molecular weight is 125 g/mol. The molecule has 1 unspecified atom stereocenters. The van der Waals surface area contributed by atoms with E-state index in [4.69, 9.17) is 11.2 Å². The molecule has 1 atom stereocenters. The summed E-state index contributed by atoms with van der Waals surface area (Å²) in [7, 11) is 0.0656. The van der Waals surface area contributed by atoms with Gasteiger partial charge in [0.25, 0.3) is 0 Å². The van der Waals surface area contributed by atoms with E-state index in [1.165, 1.54) is 0 Å². The van der Waals surface area contributed by atoms with Crippen LogP contribution in [0.1, 0.15) is 0 Å². The van der Waals surface area contributed by atoms with Crippen LogP contribution >= 0.6 is 19.4 Å². The lowest BCUT2D eigenvalue weighted by Gasteiger charge is -1.85. The largest absolute Gasteiger partial charge is 0.342 e. The van der Waals surface area contributed by atoms with Crippen LogP contribution in [0.25, 0.3) is 0 Å². The Bertz CT molecular complexity index is 39.8. The van der Waals surface area contributed by atoms with E-state index in [0.29, 0.717) is 6.61 Å². The third-order valence-corrected chi connectivity index (χ3v) is 0.859. The van der Waals surface area contributed by atoms with Gasteiger partial charge in [-0.2, -0.15) is 0 Å². The van der Waals surface area contributed by atoms with Gasteiger partial charge in [0.05, 0.1) is 6.61 Å². The van der Waals surface area contributed by atoms with Crippen molar-refractivity contribution in [3.8, 4) is 0 Å². The van der Waals surface area contributed by atoms with Crippen LogP contribution in [-0.4, -0.2) is 6.61 Å². The topological polar surface area (TPSA) is 9.23 Å². The predicted octanol–water partition coefficient (Wildman–Crippen LogP) is 1.94. The lowest BCUT2D eigenvalue weighted by atomic mass is 10.7. The van der Waals surface area contributed by atoms with Crippen LogP contribution in [0.4, 0.5) is 0 Å². The molecule has 3 heteroatoms. The monoisotopic (exact) mass is 124 g/mol. The van der Waals surface area contributed by atoms with Crippen molar-refractivity contribution >= 4 is 19.4 Å². The van der Waals surface area contributed by atoms with Crippen molar-refractivity contribution < 1.29 is 4.52 Å². The van der Waals surface area contributed by atoms with Gasteiger partial charge >= 0.3 is 0 Å². The standard InChI is InChI=1S/C3H6ClOP/c1-2-3-5-6-4/h2,6H,1,3H2. The fourth-order valence-electron chi connectivity index (χ4n) is 0.0904. The third kappa shape index (κ3) is 4.42. The summed E-state index contributed by atoms with van der Waals surface area (Å²) in [6.45, 7) is 3.98. The lowest BCUT2D eigenvalue weighted by Crippen LogP contribution is -1.70. The summed E-state index contributed by atoms with van der Waals surface area (Å²) in [6, 6.07) is 0. The minimum Gasteiger partial charge on any atom is -0.342 e. The Kier molecular flexibility index (Phi) is 5.80. The molecule has 0 saturated carbocycles. The number of hydrogen-bond donors (Lipinski definition) is 0. The summed E-state index contributed by atoms with van der Waals surface area (Å²) in [5, 5.41) is 0. The maximum absolute atomic E-state index is 5.14. The van der Waals surface area contributed by atoms with E-state index >= 15 is 0 Å². The third-order valence-electron chi connectivity index (χ3n) is 0.256. The van der Waals surface area contributed by atoms with Crippen LogP contribution in [0.5, 0.6) is 0 Å². The van der Waals surface area contributed by atoms with E-state index in [0.717, 1.165) is 0 Å². The molecule has 0 bridgehead atoms. The van der Waals surface area contributed by atoms with Crippen molar-refractivity contribution in [1.29, 1.82) is 0 Å². The average Bonchev–Trinajstić information content (AvgIpc) is 1.61. The molecule has 0 aliphatic heterocycles. The molecule has 0 fully saturated rings. The molecule has 0 rings (SSSR count). The molecule has 0 spiro atoms. The van der Waals surface area contributed by atoms with Crippen LogP contribution < -0.4 is 0 Å². The second kappa shape index (κ2) is 5.42. The van der Waals surface area contributed by atoms with Crippen molar-refractivity contribution in [1.82, 2.24) is 0 Å².